The first-order valence-corrected chi connectivity index (χ1v) is 7.25. The highest BCUT2D eigenvalue weighted by Crippen LogP contribution is 2.24. The number of para-hydroxylation sites is 1. The van der Waals surface area contributed by atoms with Gasteiger partial charge >= 0.3 is 0 Å². The first-order chi connectivity index (χ1) is 9.65. The fourth-order valence-electron chi connectivity index (χ4n) is 2.13. The van der Waals surface area contributed by atoms with Crippen molar-refractivity contribution in [2.24, 2.45) is 0 Å². The van der Waals surface area contributed by atoms with Gasteiger partial charge in [0.1, 0.15) is 0 Å². The number of anilines is 1. The van der Waals surface area contributed by atoms with Crippen molar-refractivity contribution in [3.05, 3.63) is 57.9 Å². The lowest BCUT2D eigenvalue weighted by atomic mass is 10.1. The van der Waals surface area contributed by atoms with Crippen LogP contribution in [-0.4, -0.2) is 10.9 Å². The third-order valence-corrected chi connectivity index (χ3v) is 4.19. The van der Waals surface area contributed by atoms with Crippen molar-refractivity contribution in [3.8, 4) is 0 Å². The van der Waals surface area contributed by atoms with Crippen LogP contribution in [0.25, 0.3) is 10.9 Å². The van der Waals surface area contributed by atoms with Crippen molar-refractivity contribution in [3.63, 3.8) is 0 Å². The lowest BCUT2D eigenvalue weighted by molar-refractivity contribution is 0.103. The van der Waals surface area contributed by atoms with Crippen LogP contribution in [0.5, 0.6) is 0 Å². The quantitative estimate of drug-likeness (QED) is 0.766. The number of amides is 1. The minimum Gasteiger partial charge on any atom is -0.319 e. The van der Waals surface area contributed by atoms with E-state index in [2.05, 4.69) is 10.3 Å². The molecular weight excluding hydrogens is 268 g/mol. The van der Waals surface area contributed by atoms with Crippen molar-refractivity contribution in [1.29, 1.82) is 0 Å². The Morgan fingerprint density at radius 3 is 2.75 bits per heavy atom. The summed E-state index contributed by atoms with van der Waals surface area (Å²) in [5.41, 5.74) is 3.52. The SMILES string of the molecule is Cc1ccc2cccc(NC(=O)c3sccc3C)c2n1. The zero-order chi connectivity index (χ0) is 14.1. The Bertz CT molecular complexity index is 792. The van der Waals surface area contributed by atoms with E-state index < -0.39 is 0 Å². The van der Waals surface area contributed by atoms with E-state index in [4.69, 9.17) is 0 Å². The maximum Gasteiger partial charge on any atom is 0.266 e. The van der Waals surface area contributed by atoms with Crippen LogP contribution in [0.15, 0.2) is 41.8 Å². The van der Waals surface area contributed by atoms with E-state index >= 15 is 0 Å². The summed E-state index contributed by atoms with van der Waals surface area (Å²) in [6, 6.07) is 11.7. The number of rotatable bonds is 2. The number of nitrogens with one attached hydrogen (secondary N) is 1. The number of hydrogen-bond donors (Lipinski definition) is 1. The van der Waals surface area contributed by atoms with Crippen molar-refractivity contribution in [1.82, 2.24) is 4.98 Å². The highest BCUT2D eigenvalue weighted by molar-refractivity contribution is 7.12. The average Bonchev–Trinajstić information content (AvgIpc) is 2.86. The molecule has 4 heteroatoms. The van der Waals surface area contributed by atoms with Crippen LogP contribution >= 0.6 is 11.3 Å². The Labute approximate surface area is 121 Å². The molecule has 0 aliphatic rings. The monoisotopic (exact) mass is 282 g/mol. The minimum atomic E-state index is -0.0756. The largest absolute Gasteiger partial charge is 0.319 e. The zero-order valence-electron chi connectivity index (χ0n) is 11.3. The van der Waals surface area contributed by atoms with Crippen LogP contribution in [0, 0.1) is 13.8 Å². The van der Waals surface area contributed by atoms with Gasteiger partial charge in [-0.3, -0.25) is 9.78 Å². The summed E-state index contributed by atoms with van der Waals surface area (Å²) in [5.74, 6) is -0.0756. The topological polar surface area (TPSA) is 42.0 Å². The van der Waals surface area contributed by atoms with Gasteiger partial charge in [-0.05, 0) is 43.0 Å². The van der Waals surface area contributed by atoms with Gasteiger partial charge in [0.05, 0.1) is 16.1 Å². The van der Waals surface area contributed by atoms with Gasteiger partial charge in [-0.15, -0.1) is 11.3 Å². The fourth-order valence-corrected chi connectivity index (χ4v) is 2.95. The van der Waals surface area contributed by atoms with E-state index in [-0.39, 0.29) is 5.91 Å². The fraction of sp³-hybridized carbons (Fsp3) is 0.125. The molecule has 0 unspecified atom stereocenters. The number of carbonyl (C=O) groups excluding carboxylic acids is 1. The molecule has 0 aliphatic carbocycles. The summed E-state index contributed by atoms with van der Waals surface area (Å²) in [6.45, 7) is 3.89. The van der Waals surface area contributed by atoms with Gasteiger partial charge in [-0.2, -0.15) is 0 Å². The third-order valence-electron chi connectivity index (χ3n) is 3.18. The number of hydrogen-bond acceptors (Lipinski definition) is 3. The van der Waals surface area contributed by atoms with Gasteiger partial charge in [0.15, 0.2) is 0 Å². The number of fused-ring (bicyclic) bond motifs is 1. The predicted molar refractivity (Wildman–Crippen MR) is 83.5 cm³/mol. The molecule has 0 aliphatic heterocycles. The van der Waals surface area contributed by atoms with E-state index in [1.807, 2.05) is 55.6 Å². The Kier molecular flexibility index (Phi) is 3.24. The molecule has 20 heavy (non-hydrogen) atoms. The normalized spacial score (nSPS) is 10.7. The van der Waals surface area contributed by atoms with Crippen LogP contribution in [0.4, 0.5) is 5.69 Å². The molecular formula is C16H14N2OS. The molecule has 1 aromatic carbocycles. The number of nitrogens with zero attached hydrogens (tertiary/aromatic N) is 1. The molecule has 3 rings (SSSR count). The predicted octanol–water partition coefficient (Wildman–Crippen LogP) is 4.17. The zero-order valence-corrected chi connectivity index (χ0v) is 12.1. The second-order valence-corrected chi connectivity index (χ2v) is 5.63. The molecule has 1 N–H and O–H groups in total. The molecule has 3 aromatic rings. The van der Waals surface area contributed by atoms with Crippen LogP contribution in [0.1, 0.15) is 20.9 Å². The molecule has 2 aromatic heterocycles. The molecule has 0 saturated carbocycles. The number of carbonyl (C=O) groups is 1. The highest BCUT2D eigenvalue weighted by atomic mass is 32.1. The summed E-state index contributed by atoms with van der Waals surface area (Å²) in [5, 5.41) is 5.92. The molecule has 3 nitrogen and oxygen atoms in total. The molecule has 0 spiro atoms. The van der Waals surface area contributed by atoms with Gasteiger partial charge in [-0.25, -0.2) is 0 Å². The Hall–Kier alpha value is -2.20. The molecule has 0 bridgehead atoms. The van der Waals surface area contributed by atoms with Crippen molar-refractivity contribution in [2.45, 2.75) is 13.8 Å². The number of pyridine rings is 1. The second-order valence-electron chi connectivity index (χ2n) is 4.72. The smallest absolute Gasteiger partial charge is 0.266 e. The number of thiophene rings is 1. The lowest BCUT2D eigenvalue weighted by Gasteiger charge is -2.08. The molecule has 1 amide bonds. The van der Waals surface area contributed by atoms with Gasteiger partial charge in [0.25, 0.3) is 5.91 Å². The highest BCUT2D eigenvalue weighted by Gasteiger charge is 2.12. The third kappa shape index (κ3) is 2.30. The standard InChI is InChI=1S/C16H14N2OS/c1-10-8-9-20-15(10)16(19)18-13-5-3-4-12-7-6-11(2)17-14(12)13/h3-9H,1-2H3,(H,18,19). The van der Waals surface area contributed by atoms with Gasteiger partial charge in [0, 0.05) is 11.1 Å². The van der Waals surface area contributed by atoms with Gasteiger partial charge in [-0.1, -0.05) is 18.2 Å². The van der Waals surface area contributed by atoms with Crippen LogP contribution in [0.2, 0.25) is 0 Å². The molecule has 0 saturated heterocycles. The van der Waals surface area contributed by atoms with E-state index in [9.17, 15) is 4.79 Å². The summed E-state index contributed by atoms with van der Waals surface area (Å²) in [4.78, 5) is 17.6. The van der Waals surface area contributed by atoms with Gasteiger partial charge in [0.2, 0.25) is 0 Å². The minimum absolute atomic E-state index is 0.0756. The number of aromatic nitrogens is 1. The second kappa shape index (κ2) is 5.06. The summed E-state index contributed by atoms with van der Waals surface area (Å²) in [7, 11) is 0. The maximum atomic E-state index is 12.3. The van der Waals surface area contributed by atoms with Crippen LogP contribution in [-0.2, 0) is 0 Å². The van der Waals surface area contributed by atoms with E-state index in [0.717, 1.165) is 32.7 Å². The Balaban J connectivity index is 2.01. The lowest BCUT2D eigenvalue weighted by Crippen LogP contribution is -2.11. The Morgan fingerprint density at radius 1 is 1.15 bits per heavy atom. The van der Waals surface area contributed by atoms with Crippen molar-refractivity contribution >= 4 is 33.8 Å². The number of benzene rings is 1. The van der Waals surface area contributed by atoms with E-state index in [1.165, 1.54) is 11.3 Å². The van der Waals surface area contributed by atoms with E-state index in [1.54, 1.807) is 0 Å². The van der Waals surface area contributed by atoms with Crippen molar-refractivity contribution < 1.29 is 4.79 Å². The number of aryl methyl sites for hydroxylation is 2. The summed E-state index contributed by atoms with van der Waals surface area (Å²) in [6.07, 6.45) is 0. The Morgan fingerprint density at radius 2 is 2.00 bits per heavy atom. The maximum absolute atomic E-state index is 12.3. The first kappa shape index (κ1) is 12.8. The summed E-state index contributed by atoms with van der Waals surface area (Å²) < 4.78 is 0. The first-order valence-electron chi connectivity index (χ1n) is 6.37. The van der Waals surface area contributed by atoms with Crippen LogP contribution < -0.4 is 5.32 Å². The molecule has 2 heterocycles. The molecule has 0 atom stereocenters. The van der Waals surface area contributed by atoms with E-state index in [0.29, 0.717) is 0 Å². The molecule has 0 radical (unpaired) electrons. The van der Waals surface area contributed by atoms with Crippen LogP contribution in [0.3, 0.4) is 0 Å². The average molecular weight is 282 g/mol. The van der Waals surface area contributed by atoms with Gasteiger partial charge < -0.3 is 5.32 Å². The summed E-state index contributed by atoms with van der Waals surface area (Å²) >= 11 is 1.45. The molecule has 0 fully saturated rings. The molecule has 100 valence electrons. The van der Waals surface area contributed by atoms with Crippen molar-refractivity contribution in [2.75, 3.05) is 5.32 Å².